The van der Waals surface area contributed by atoms with Crippen LogP contribution in [0.25, 0.3) is 0 Å². The summed E-state index contributed by atoms with van der Waals surface area (Å²) in [7, 11) is 0. The average molecular weight is 906 g/mol. The number of carbonyl (C=O) groups excluding carboxylic acids is 2. The van der Waals surface area contributed by atoms with Crippen molar-refractivity contribution in [3.63, 3.8) is 0 Å². The molecular formula is C59H103NO5. The van der Waals surface area contributed by atoms with Crippen LogP contribution in [-0.2, 0) is 14.3 Å². The van der Waals surface area contributed by atoms with Crippen molar-refractivity contribution in [2.75, 3.05) is 6.61 Å². The summed E-state index contributed by atoms with van der Waals surface area (Å²) >= 11 is 0. The molecule has 0 fully saturated rings. The van der Waals surface area contributed by atoms with Crippen LogP contribution in [0, 0.1) is 0 Å². The largest absolute Gasteiger partial charge is 0.458 e. The van der Waals surface area contributed by atoms with Crippen molar-refractivity contribution in [2.45, 2.75) is 270 Å². The molecule has 1 amide bonds. The Labute approximate surface area is 402 Å². The van der Waals surface area contributed by atoms with Gasteiger partial charge < -0.3 is 20.3 Å². The molecule has 0 aliphatic heterocycles. The second kappa shape index (κ2) is 52.0. The molecule has 3 atom stereocenters. The van der Waals surface area contributed by atoms with Crippen molar-refractivity contribution in [3.8, 4) is 0 Å². The third-order valence-electron chi connectivity index (χ3n) is 12.0. The van der Waals surface area contributed by atoms with Crippen molar-refractivity contribution < 1.29 is 24.5 Å². The molecule has 3 unspecified atom stereocenters. The van der Waals surface area contributed by atoms with E-state index in [4.69, 9.17) is 4.74 Å². The molecule has 0 aromatic rings. The Balaban J connectivity index is 4.72. The summed E-state index contributed by atoms with van der Waals surface area (Å²) in [4.78, 5) is 26.1. The number of hydrogen-bond donors (Lipinski definition) is 3. The summed E-state index contributed by atoms with van der Waals surface area (Å²) in [6.07, 6.45) is 68.2. The zero-order chi connectivity index (χ0) is 47.4. The second-order valence-electron chi connectivity index (χ2n) is 18.3. The highest BCUT2D eigenvalue weighted by molar-refractivity contribution is 5.78. The highest BCUT2D eigenvalue weighted by Gasteiger charge is 2.23. The van der Waals surface area contributed by atoms with Gasteiger partial charge in [-0.2, -0.15) is 0 Å². The van der Waals surface area contributed by atoms with Crippen molar-refractivity contribution in [1.82, 2.24) is 5.32 Å². The Hall–Kier alpha value is -2.96. The predicted molar refractivity (Wildman–Crippen MR) is 282 cm³/mol. The maximum absolute atomic E-state index is 13.2. The molecule has 374 valence electrons. The number of hydrogen-bond acceptors (Lipinski definition) is 5. The lowest BCUT2D eigenvalue weighted by atomic mass is 10.0. The third-order valence-corrected chi connectivity index (χ3v) is 12.0. The number of unbranched alkanes of at least 4 members (excludes halogenated alkanes) is 25. The standard InChI is InChI=1S/C59H103NO5/c1-4-7-10-13-16-19-22-25-28-30-33-36-39-42-45-48-51-57(62)56(54-61)60-58(63)53-55(50-47-44-41-38-35-32-27-24-21-18-15-12-9-6-3)65-59(64)52-49-46-43-40-37-34-31-29-26-23-20-17-14-11-8-5-2/h9,12,18,21,27,29,31-32,34,37-38,41,47,50,55-57,61-62H,4-8,10-11,13-17,19-20,22-26,28,30,33,35-36,39-40,42-46,48-49,51-54H2,1-3H3,(H,60,63)/b12-9+,21-18+,31-29+,32-27+,37-34+,41-38+,50-47+. The summed E-state index contributed by atoms with van der Waals surface area (Å²) in [6, 6.07) is -0.752. The zero-order valence-electron chi connectivity index (χ0n) is 42.6. The van der Waals surface area contributed by atoms with Crippen molar-refractivity contribution in [1.29, 1.82) is 0 Å². The van der Waals surface area contributed by atoms with E-state index in [1.165, 1.54) is 128 Å². The Bertz CT molecular complexity index is 1250. The number of aliphatic hydroxyl groups excluding tert-OH is 2. The summed E-state index contributed by atoms with van der Waals surface area (Å²) in [6.45, 7) is 6.33. The quantitative estimate of drug-likeness (QED) is 0.0245. The number of rotatable bonds is 48. The fraction of sp³-hybridized carbons (Fsp3) is 0.729. The highest BCUT2D eigenvalue weighted by atomic mass is 16.5. The van der Waals surface area contributed by atoms with Gasteiger partial charge in [-0.1, -0.05) is 247 Å². The smallest absolute Gasteiger partial charge is 0.306 e. The SMILES string of the molecule is CC/C=C/C/C=C/C/C=C/C/C=C/C/C=C/C(CC(=O)NC(CO)C(O)CCCCCCCCCCCCCCCCCC)OC(=O)CCCCC/C=C/C=C/CCCCCCCCC. The van der Waals surface area contributed by atoms with E-state index in [0.29, 0.717) is 19.3 Å². The van der Waals surface area contributed by atoms with Crippen LogP contribution in [0.15, 0.2) is 85.1 Å². The van der Waals surface area contributed by atoms with E-state index in [9.17, 15) is 19.8 Å². The molecule has 0 aliphatic rings. The van der Waals surface area contributed by atoms with Gasteiger partial charge in [-0.25, -0.2) is 0 Å². The molecule has 0 heterocycles. The van der Waals surface area contributed by atoms with Crippen LogP contribution in [0.1, 0.15) is 252 Å². The first-order valence-electron chi connectivity index (χ1n) is 27.3. The molecule has 6 heteroatoms. The highest BCUT2D eigenvalue weighted by Crippen LogP contribution is 2.16. The normalized spacial score (nSPS) is 13.9. The first-order chi connectivity index (χ1) is 32.0. The first kappa shape index (κ1) is 62.0. The van der Waals surface area contributed by atoms with Gasteiger partial charge in [-0.05, 0) is 76.7 Å². The fourth-order valence-electron chi connectivity index (χ4n) is 7.85. The van der Waals surface area contributed by atoms with Crippen LogP contribution in [0.4, 0.5) is 0 Å². The summed E-state index contributed by atoms with van der Waals surface area (Å²) < 4.78 is 5.82. The van der Waals surface area contributed by atoms with E-state index < -0.39 is 18.2 Å². The predicted octanol–water partition coefficient (Wildman–Crippen LogP) is 16.7. The summed E-state index contributed by atoms with van der Waals surface area (Å²) in [5.41, 5.74) is 0. The van der Waals surface area contributed by atoms with Crippen LogP contribution < -0.4 is 5.32 Å². The topological polar surface area (TPSA) is 95.9 Å². The number of allylic oxidation sites excluding steroid dienone is 13. The molecular weight excluding hydrogens is 803 g/mol. The molecule has 0 radical (unpaired) electrons. The van der Waals surface area contributed by atoms with Crippen molar-refractivity contribution in [2.24, 2.45) is 0 Å². The minimum Gasteiger partial charge on any atom is -0.458 e. The van der Waals surface area contributed by atoms with Gasteiger partial charge in [0.25, 0.3) is 0 Å². The molecule has 0 saturated heterocycles. The van der Waals surface area contributed by atoms with E-state index in [-0.39, 0.29) is 24.9 Å². The van der Waals surface area contributed by atoms with Crippen LogP contribution >= 0.6 is 0 Å². The van der Waals surface area contributed by atoms with E-state index in [2.05, 4.69) is 99.0 Å². The lowest BCUT2D eigenvalue weighted by Crippen LogP contribution is -2.46. The van der Waals surface area contributed by atoms with Crippen LogP contribution in [0.2, 0.25) is 0 Å². The van der Waals surface area contributed by atoms with Gasteiger partial charge in [0.2, 0.25) is 5.91 Å². The van der Waals surface area contributed by atoms with Crippen LogP contribution in [-0.4, -0.2) is 46.9 Å². The number of ether oxygens (including phenoxy) is 1. The lowest BCUT2D eigenvalue weighted by Gasteiger charge is -2.23. The van der Waals surface area contributed by atoms with Gasteiger partial charge in [0.1, 0.15) is 6.10 Å². The van der Waals surface area contributed by atoms with E-state index in [1.807, 2.05) is 6.08 Å². The molecule has 0 aromatic heterocycles. The van der Waals surface area contributed by atoms with Gasteiger partial charge in [0, 0.05) is 6.42 Å². The zero-order valence-corrected chi connectivity index (χ0v) is 42.6. The number of nitrogens with one attached hydrogen (secondary N) is 1. The molecule has 0 saturated carbocycles. The minimum absolute atomic E-state index is 0.0595. The average Bonchev–Trinajstić information content (AvgIpc) is 3.30. The molecule has 0 aliphatic carbocycles. The second-order valence-corrected chi connectivity index (χ2v) is 18.3. The Morgan fingerprint density at radius 1 is 0.492 bits per heavy atom. The van der Waals surface area contributed by atoms with Gasteiger partial charge in [-0.15, -0.1) is 0 Å². The van der Waals surface area contributed by atoms with E-state index in [0.717, 1.165) is 77.0 Å². The third kappa shape index (κ3) is 47.3. The monoisotopic (exact) mass is 906 g/mol. The van der Waals surface area contributed by atoms with Gasteiger partial charge >= 0.3 is 5.97 Å². The number of aliphatic hydroxyl groups is 2. The van der Waals surface area contributed by atoms with Crippen LogP contribution in [0.5, 0.6) is 0 Å². The first-order valence-corrected chi connectivity index (χ1v) is 27.3. The Kier molecular flexibility index (Phi) is 49.6. The number of carbonyl (C=O) groups is 2. The van der Waals surface area contributed by atoms with Gasteiger partial charge in [0.05, 0.1) is 25.2 Å². The van der Waals surface area contributed by atoms with Gasteiger partial charge in [0.15, 0.2) is 0 Å². The maximum Gasteiger partial charge on any atom is 0.306 e. The number of esters is 1. The Morgan fingerprint density at radius 2 is 0.892 bits per heavy atom. The minimum atomic E-state index is -0.828. The molecule has 0 rings (SSSR count). The molecule has 65 heavy (non-hydrogen) atoms. The van der Waals surface area contributed by atoms with Crippen molar-refractivity contribution >= 4 is 11.9 Å². The molecule has 0 spiro atoms. The van der Waals surface area contributed by atoms with Crippen molar-refractivity contribution in [3.05, 3.63) is 85.1 Å². The molecule has 3 N–H and O–H groups in total. The summed E-state index contributed by atoms with van der Waals surface area (Å²) in [5.74, 6) is -0.661. The van der Waals surface area contributed by atoms with Gasteiger partial charge in [-0.3, -0.25) is 9.59 Å². The maximum atomic E-state index is 13.2. The lowest BCUT2D eigenvalue weighted by molar-refractivity contribution is -0.148. The fourth-order valence-corrected chi connectivity index (χ4v) is 7.85. The van der Waals surface area contributed by atoms with Crippen LogP contribution in [0.3, 0.4) is 0 Å². The Morgan fingerprint density at radius 3 is 1.34 bits per heavy atom. The summed E-state index contributed by atoms with van der Waals surface area (Å²) in [5, 5.41) is 23.8. The number of amides is 1. The van der Waals surface area contributed by atoms with E-state index in [1.54, 1.807) is 6.08 Å². The molecule has 0 bridgehead atoms. The van der Waals surface area contributed by atoms with E-state index >= 15 is 0 Å². The molecule has 0 aromatic carbocycles. The molecule has 6 nitrogen and oxygen atoms in total.